The number of carbonyl (C=O) groups excluding carboxylic acids is 1. The summed E-state index contributed by atoms with van der Waals surface area (Å²) in [5.41, 5.74) is 0.00473. The maximum absolute atomic E-state index is 11.5. The average molecular weight is 262 g/mol. The van der Waals surface area contributed by atoms with Crippen LogP contribution in [0.15, 0.2) is 9.27 Å². The minimum absolute atomic E-state index is 0.0399. The van der Waals surface area contributed by atoms with Crippen LogP contribution in [0.1, 0.15) is 24.3 Å². The molecule has 0 unspecified atom stereocenters. The summed E-state index contributed by atoms with van der Waals surface area (Å²) in [6, 6.07) is 0.0399. The summed E-state index contributed by atoms with van der Waals surface area (Å²) in [4.78, 5) is 22.8. The molecule has 0 bridgehead atoms. The number of nitrogens with one attached hydrogen (secondary N) is 2. The Morgan fingerprint density at radius 2 is 2.14 bits per heavy atom. The number of nitrogens with zero attached hydrogens (tertiary/aromatic N) is 1. The lowest BCUT2D eigenvalue weighted by Crippen LogP contribution is -2.30. The van der Waals surface area contributed by atoms with Gasteiger partial charge in [0.1, 0.15) is 10.2 Å². The van der Waals surface area contributed by atoms with E-state index in [0.29, 0.717) is 0 Å². The number of aryl methyl sites for hydroxylation is 1. The van der Waals surface area contributed by atoms with Crippen molar-refractivity contribution in [3.05, 3.63) is 20.5 Å². The minimum Gasteiger partial charge on any atom is -0.349 e. The van der Waals surface area contributed by atoms with E-state index in [4.69, 9.17) is 0 Å². The molecule has 2 N–H and O–H groups in total. The maximum Gasteiger partial charge on any atom is 0.281 e. The molecule has 0 spiro atoms. The second-order valence-electron chi connectivity index (χ2n) is 3.29. The Balaban J connectivity index is 3.02. The molecule has 1 heterocycles. The first-order valence-electron chi connectivity index (χ1n) is 4.19. The Labute approximate surface area is 89.6 Å². The van der Waals surface area contributed by atoms with Gasteiger partial charge < -0.3 is 5.32 Å². The maximum atomic E-state index is 11.5. The second kappa shape index (κ2) is 4.00. The summed E-state index contributed by atoms with van der Waals surface area (Å²) in [6.07, 6.45) is 0. The lowest BCUT2D eigenvalue weighted by molar-refractivity contribution is 0.0936. The Hall–Kier alpha value is -1.04. The van der Waals surface area contributed by atoms with Crippen molar-refractivity contribution in [1.82, 2.24) is 15.1 Å². The van der Waals surface area contributed by atoms with E-state index in [2.05, 4.69) is 26.3 Å². The van der Waals surface area contributed by atoms with Gasteiger partial charge in [0.15, 0.2) is 0 Å². The predicted octanol–water partition coefficient (Wildman–Crippen LogP) is 0.614. The first kappa shape index (κ1) is 11.0. The van der Waals surface area contributed by atoms with Gasteiger partial charge in [-0.15, -0.1) is 0 Å². The number of hydrogen-bond acceptors (Lipinski definition) is 2. The molecule has 1 aromatic rings. The van der Waals surface area contributed by atoms with Crippen LogP contribution in [-0.4, -0.2) is 21.7 Å². The first-order valence-corrected chi connectivity index (χ1v) is 4.98. The zero-order valence-electron chi connectivity index (χ0n) is 8.22. The van der Waals surface area contributed by atoms with E-state index in [-0.39, 0.29) is 27.7 Å². The SMILES string of the molecule is CC(C)NC(=O)c1[nH]n(C)c(=O)c1Br. The van der Waals surface area contributed by atoms with Crippen molar-refractivity contribution in [3.63, 3.8) is 0 Å². The zero-order chi connectivity index (χ0) is 10.9. The number of carbonyl (C=O) groups is 1. The van der Waals surface area contributed by atoms with Crippen molar-refractivity contribution in [2.24, 2.45) is 7.05 Å². The number of H-pyrrole nitrogens is 1. The van der Waals surface area contributed by atoms with Gasteiger partial charge in [-0.3, -0.25) is 19.4 Å². The van der Waals surface area contributed by atoms with Crippen molar-refractivity contribution >= 4 is 21.8 Å². The fourth-order valence-electron chi connectivity index (χ4n) is 1.01. The highest BCUT2D eigenvalue weighted by Gasteiger charge is 2.16. The van der Waals surface area contributed by atoms with Crippen LogP contribution < -0.4 is 10.9 Å². The molecule has 1 aromatic heterocycles. The van der Waals surface area contributed by atoms with Crippen LogP contribution in [0.25, 0.3) is 0 Å². The van der Waals surface area contributed by atoms with Gasteiger partial charge >= 0.3 is 0 Å². The predicted molar refractivity (Wildman–Crippen MR) is 56.3 cm³/mol. The molecular formula is C8H12BrN3O2. The Kier molecular flexibility index (Phi) is 3.15. The number of aromatic nitrogens is 2. The largest absolute Gasteiger partial charge is 0.349 e. The summed E-state index contributed by atoms with van der Waals surface area (Å²) in [5, 5.41) is 5.35. The molecule has 0 aliphatic rings. The van der Waals surface area contributed by atoms with Crippen molar-refractivity contribution in [1.29, 1.82) is 0 Å². The number of aromatic amines is 1. The molecule has 0 saturated heterocycles. The highest BCUT2D eigenvalue weighted by Crippen LogP contribution is 2.08. The Morgan fingerprint density at radius 1 is 1.57 bits per heavy atom. The molecule has 0 aliphatic carbocycles. The lowest BCUT2D eigenvalue weighted by Gasteiger charge is -2.06. The van der Waals surface area contributed by atoms with E-state index in [1.165, 1.54) is 4.68 Å². The number of halogens is 1. The van der Waals surface area contributed by atoms with Crippen LogP contribution in [0.5, 0.6) is 0 Å². The van der Waals surface area contributed by atoms with Crippen LogP contribution >= 0.6 is 15.9 Å². The first-order chi connectivity index (χ1) is 6.43. The molecule has 6 heteroatoms. The highest BCUT2D eigenvalue weighted by molar-refractivity contribution is 9.10. The molecule has 14 heavy (non-hydrogen) atoms. The number of amides is 1. The van der Waals surface area contributed by atoms with Crippen LogP contribution in [0.4, 0.5) is 0 Å². The molecule has 0 radical (unpaired) electrons. The van der Waals surface area contributed by atoms with E-state index < -0.39 is 0 Å². The van der Waals surface area contributed by atoms with Crippen LogP contribution in [0.3, 0.4) is 0 Å². The lowest BCUT2D eigenvalue weighted by atomic mass is 10.3. The summed E-state index contributed by atoms with van der Waals surface area (Å²) in [5.74, 6) is -0.287. The molecule has 78 valence electrons. The highest BCUT2D eigenvalue weighted by atomic mass is 79.9. The van der Waals surface area contributed by atoms with Gasteiger partial charge in [-0.2, -0.15) is 0 Å². The molecule has 0 saturated carbocycles. The molecule has 5 nitrogen and oxygen atoms in total. The molecule has 0 fully saturated rings. The van der Waals surface area contributed by atoms with Crippen molar-refractivity contribution in [2.75, 3.05) is 0 Å². The van der Waals surface area contributed by atoms with E-state index in [1.807, 2.05) is 13.8 Å². The van der Waals surface area contributed by atoms with E-state index in [0.717, 1.165) is 0 Å². The number of rotatable bonds is 2. The third-order valence-corrected chi connectivity index (χ3v) is 2.37. The Bertz CT molecular complexity index is 405. The molecule has 0 aliphatic heterocycles. The topological polar surface area (TPSA) is 66.9 Å². The monoisotopic (exact) mass is 261 g/mol. The third-order valence-electron chi connectivity index (χ3n) is 1.64. The van der Waals surface area contributed by atoms with Gasteiger partial charge in [0.2, 0.25) is 0 Å². The van der Waals surface area contributed by atoms with E-state index >= 15 is 0 Å². The van der Waals surface area contributed by atoms with Crippen LogP contribution in [0, 0.1) is 0 Å². The molecule has 1 rings (SSSR count). The summed E-state index contributed by atoms with van der Waals surface area (Å²) < 4.78 is 1.51. The zero-order valence-corrected chi connectivity index (χ0v) is 9.81. The van der Waals surface area contributed by atoms with Gasteiger partial charge in [-0.25, -0.2) is 0 Å². The summed E-state index contributed by atoms with van der Waals surface area (Å²) in [6.45, 7) is 3.71. The van der Waals surface area contributed by atoms with Crippen molar-refractivity contribution in [2.45, 2.75) is 19.9 Å². The van der Waals surface area contributed by atoms with E-state index in [9.17, 15) is 9.59 Å². The van der Waals surface area contributed by atoms with Crippen molar-refractivity contribution < 1.29 is 4.79 Å². The smallest absolute Gasteiger partial charge is 0.281 e. The third kappa shape index (κ3) is 2.06. The van der Waals surface area contributed by atoms with Gasteiger partial charge in [0, 0.05) is 13.1 Å². The normalized spacial score (nSPS) is 10.6. The number of hydrogen-bond donors (Lipinski definition) is 2. The fourth-order valence-corrected chi connectivity index (χ4v) is 1.54. The summed E-state index contributed by atoms with van der Waals surface area (Å²) >= 11 is 3.07. The summed E-state index contributed by atoms with van der Waals surface area (Å²) in [7, 11) is 1.55. The minimum atomic E-state index is -0.287. The van der Waals surface area contributed by atoms with Crippen molar-refractivity contribution in [3.8, 4) is 0 Å². The van der Waals surface area contributed by atoms with Crippen LogP contribution in [0.2, 0.25) is 0 Å². The molecule has 1 amide bonds. The van der Waals surface area contributed by atoms with Gasteiger partial charge in [-0.05, 0) is 29.8 Å². The standard InChI is InChI=1S/C8H12BrN3O2/c1-4(2)10-7(13)6-5(9)8(14)12(3)11-6/h4,11H,1-3H3,(H,10,13). The van der Waals surface area contributed by atoms with Gasteiger partial charge in [0.25, 0.3) is 11.5 Å². The Morgan fingerprint density at radius 3 is 2.50 bits per heavy atom. The van der Waals surface area contributed by atoms with Gasteiger partial charge in [0.05, 0.1) is 0 Å². The van der Waals surface area contributed by atoms with Gasteiger partial charge in [-0.1, -0.05) is 0 Å². The average Bonchev–Trinajstić information content (AvgIpc) is 2.32. The van der Waals surface area contributed by atoms with Crippen LogP contribution in [-0.2, 0) is 7.05 Å². The quantitative estimate of drug-likeness (QED) is 0.820. The molecular weight excluding hydrogens is 250 g/mol. The molecule has 0 atom stereocenters. The fraction of sp³-hybridized carbons (Fsp3) is 0.500. The molecule has 0 aromatic carbocycles. The second-order valence-corrected chi connectivity index (χ2v) is 4.09. The van der Waals surface area contributed by atoms with E-state index in [1.54, 1.807) is 7.05 Å².